The number of aromatic nitrogens is 1. The molecule has 1 aromatic heterocycles. The fraction of sp³-hybridized carbons (Fsp3) is 0.667. The lowest BCUT2D eigenvalue weighted by Crippen LogP contribution is -2.34. The number of thioether (sulfide) groups is 1. The monoisotopic (exact) mass is 299 g/mol. The maximum atomic E-state index is 14.6. The quantitative estimate of drug-likeness (QED) is 0.797. The number of hydrogen-bond donors (Lipinski definition) is 1. The lowest BCUT2D eigenvalue weighted by Gasteiger charge is -2.28. The number of rotatable bonds is 8. The number of hydrogen-bond acceptors (Lipinski definition) is 4. The van der Waals surface area contributed by atoms with Gasteiger partial charge >= 0.3 is 0 Å². The standard InChI is InChI=1S/C15H26FN3S/c1-6-13(10-20-5)19(4)15-14(16)12(7-8-17-15)9-18-11(2)3/h7-8,11,13,18H,6,9-10H2,1-5H3. The van der Waals surface area contributed by atoms with Crippen molar-refractivity contribution in [1.82, 2.24) is 10.3 Å². The van der Waals surface area contributed by atoms with E-state index in [4.69, 9.17) is 0 Å². The van der Waals surface area contributed by atoms with Gasteiger partial charge in [0, 0.05) is 43.2 Å². The second-order valence-corrected chi connectivity index (χ2v) is 6.18. The van der Waals surface area contributed by atoms with Gasteiger partial charge in [-0.25, -0.2) is 9.37 Å². The minimum absolute atomic E-state index is 0.206. The maximum Gasteiger partial charge on any atom is 0.170 e. The Morgan fingerprint density at radius 2 is 2.15 bits per heavy atom. The largest absolute Gasteiger partial charge is 0.353 e. The van der Waals surface area contributed by atoms with Crippen molar-refractivity contribution in [3.8, 4) is 0 Å². The summed E-state index contributed by atoms with van der Waals surface area (Å²) in [4.78, 5) is 6.19. The Morgan fingerprint density at radius 1 is 1.45 bits per heavy atom. The zero-order valence-electron chi connectivity index (χ0n) is 13.1. The Labute approximate surface area is 126 Å². The Bertz CT molecular complexity index is 412. The molecule has 3 nitrogen and oxygen atoms in total. The zero-order chi connectivity index (χ0) is 15.1. The van der Waals surface area contributed by atoms with Crippen LogP contribution in [0.25, 0.3) is 0 Å². The first-order chi connectivity index (χ1) is 9.51. The van der Waals surface area contributed by atoms with Crippen molar-refractivity contribution in [2.24, 2.45) is 0 Å². The van der Waals surface area contributed by atoms with Gasteiger partial charge in [0.2, 0.25) is 0 Å². The first-order valence-electron chi connectivity index (χ1n) is 7.09. The molecule has 1 rings (SSSR count). The average molecular weight is 299 g/mol. The molecule has 5 heteroatoms. The van der Waals surface area contributed by atoms with Gasteiger partial charge in [-0.3, -0.25) is 0 Å². The first-order valence-corrected chi connectivity index (χ1v) is 8.49. The first kappa shape index (κ1) is 17.2. The molecule has 0 bridgehead atoms. The highest BCUT2D eigenvalue weighted by molar-refractivity contribution is 7.98. The average Bonchev–Trinajstić information content (AvgIpc) is 2.42. The van der Waals surface area contributed by atoms with Gasteiger partial charge in [0.1, 0.15) is 0 Å². The third-order valence-corrected chi connectivity index (χ3v) is 4.08. The van der Waals surface area contributed by atoms with Crippen molar-refractivity contribution in [3.63, 3.8) is 0 Å². The van der Waals surface area contributed by atoms with Gasteiger partial charge in [-0.1, -0.05) is 20.8 Å². The van der Waals surface area contributed by atoms with Crippen LogP contribution in [0, 0.1) is 5.82 Å². The van der Waals surface area contributed by atoms with E-state index in [0.29, 0.717) is 30.0 Å². The highest BCUT2D eigenvalue weighted by Gasteiger charge is 2.19. The normalized spacial score (nSPS) is 12.8. The minimum Gasteiger partial charge on any atom is -0.353 e. The van der Waals surface area contributed by atoms with Gasteiger partial charge in [-0.2, -0.15) is 11.8 Å². The van der Waals surface area contributed by atoms with Crippen LogP contribution in [0.1, 0.15) is 32.8 Å². The number of halogens is 1. The Morgan fingerprint density at radius 3 is 2.70 bits per heavy atom. The van der Waals surface area contributed by atoms with Gasteiger partial charge < -0.3 is 10.2 Å². The van der Waals surface area contributed by atoms with Crippen molar-refractivity contribution in [2.45, 2.75) is 45.8 Å². The molecule has 0 amide bonds. The fourth-order valence-corrected chi connectivity index (χ4v) is 2.88. The summed E-state index contributed by atoms with van der Waals surface area (Å²) in [6.45, 7) is 6.76. The highest BCUT2D eigenvalue weighted by Crippen LogP contribution is 2.22. The highest BCUT2D eigenvalue weighted by atomic mass is 32.2. The van der Waals surface area contributed by atoms with Gasteiger partial charge in [0.05, 0.1) is 0 Å². The molecule has 1 aromatic rings. The van der Waals surface area contributed by atoms with E-state index >= 15 is 0 Å². The van der Waals surface area contributed by atoms with Crippen LogP contribution >= 0.6 is 11.8 Å². The molecule has 1 unspecified atom stereocenters. The lowest BCUT2D eigenvalue weighted by atomic mass is 10.2. The van der Waals surface area contributed by atoms with Gasteiger partial charge in [0.15, 0.2) is 11.6 Å². The van der Waals surface area contributed by atoms with Gasteiger partial charge in [-0.15, -0.1) is 0 Å². The molecule has 1 atom stereocenters. The van der Waals surface area contributed by atoms with Crippen LogP contribution in [0.15, 0.2) is 12.3 Å². The molecule has 0 fully saturated rings. The van der Waals surface area contributed by atoms with E-state index in [2.05, 4.69) is 37.3 Å². The lowest BCUT2D eigenvalue weighted by molar-refractivity contribution is 0.543. The molecule has 0 radical (unpaired) electrons. The van der Waals surface area contributed by atoms with Crippen LogP contribution in [-0.2, 0) is 6.54 Å². The summed E-state index contributed by atoms with van der Waals surface area (Å²) in [6, 6.07) is 2.39. The summed E-state index contributed by atoms with van der Waals surface area (Å²) < 4.78 is 14.6. The van der Waals surface area contributed by atoms with Gasteiger partial charge in [0.25, 0.3) is 0 Å². The van der Waals surface area contributed by atoms with E-state index in [-0.39, 0.29) is 5.82 Å². The molecule has 1 heterocycles. The van der Waals surface area contributed by atoms with Gasteiger partial charge in [-0.05, 0) is 18.7 Å². The summed E-state index contributed by atoms with van der Waals surface area (Å²) in [7, 11) is 1.93. The van der Waals surface area contributed by atoms with E-state index in [9.17, 15) is 4.39 Å². The van der Waals surface area contributed by atoms with Crippen LogP contribution in [0.5, 0.6) is 0 Å². The number of anilines is 1. The van der Waals surface area contributed by atoms with Crippen molar-refractivity contribution < 1.29 is 4.39 Å². The third-order valence-electron chi connectivity index (χ3n) is 3.36. The Balaban J connectivity index is 2.91. The summed E-state index contributed by atoms with van der Waals surface area (Å²) in [5.41, 5.74) is 0.676. The topological polar surface area (TPSA) is 28.2 Å². The SMILES string of the molecule is CCC(CSC)N(C)c1nccc(CNC(C)C)c1F. The summed E-state index contributed by atoms with van der Waals surface area (Å²) in [5, 5.41) is 3.25. The molecule has 20 heavy (non-hydrogen) atoms. The fourth-order valence-electron chi connectivity index (χ4n) is 2.04. The molecule has 0 aromatic carbocycles. The van der Waals surface area contributed by atoms with E-state index in [1.807, 2.05) is 11.9 Å². The molecular weight excluding hydrogens is 273 g/mol. The number of pyridine rings is 1. The smallest absolute Gasteiger partial charge is 0.170 e. The summed E-state index contributed by atoms with van der Waals surface area (Å²) >= 11 is 1.78. The Kier molecular flexibility index (Phi) is 7.30. The molecule has 1 N–H and O–H groups in total. The van der Waals surface area contributed by atoms with Crippen molar-refractivity contribution in [2.75, 3.05) is 24.0 Å². The molecule has 114 valence electrons. The van der Waals surface area contributed by atoms with E-state index in [1.54, 1.807) is 24.0 Å². The molecule has 0 aliphatic heterocycles. The third kappa shape index (κ3) is 4.63. The predicted molar refractivity (Wildman–Crippen MR) is 87.0 cm³/mol. The van der Waals surface area contributed by atoms with Crippen LogP contribution in [0.2, 0.25) is 0 Å². The van der Waals surface area contributed by atoms with E-state index in [0.717, 1.165) is 12.2 Å². The predicted octanol–water partition coefficient (Wildman–Crippen LogP) is 3.30. The van der Waals surface area contributed by atoms with Crippen LogP contribution in [0.3, 0.4) is 0 Å². The number of nitrogens with zero attached hydrogens (tertiary/aromatic N) is 2. The second-order valence-electron chi connectivity index (χ2n) is 5.27. The number of nitrogens with one attached hydrogen (secondary N) is 1. The molecule has 0 aliphatic rings. The molecular formula is C15H26FN3S. The molecule has 0 saturated carbocycles. The molecule has 0 spiro atoms. The molecule has 0 saturated heterocycles. The van der Waals surface area contributed by atoms with Crippen molar-refractivity contribution in [1.29, 1.82) is 0 Å². The van der Waals surface area contributed by atoms with Crippen LogP contribution < -0.4 is 10.2 Å². The van der Waals surface area contributed by atoms with Crippen LogP contribution in [0.4, 0.5) is 10.2 Å². The van der Waals surface area contributed by atoms with Crippen molar-refractivity contribution >= 4 is 17.6 Å². The zero-order valence-corrected chi connectivity index (χ0v) is 13.9. The molecule has 0 aliphatic carbocycles. The minimum atomic E-state index is -0.206. The maximum absolute atomic E-state index is 14.6. The Hall–Kier alpha value is -0.810. The summed E-state index contributed by atoms with van der Waals surface area (Å²) in [6.07, 6.45) is 4.74. The van der Waals surface area contributed by atoms with Crippen LogP contribution in [-0.4, -0.2) is 36.1 Å². The second kappa shape index (κ2) is 8.47. The van der Waals surface area contributed by atoms with E-state index in [1.165, 1.54) is 0 Å². The van der Waals surface area contributed by atoms with Crippen molar-refractivity contribution in [3.05, 3.63) is 23.6 Å². The van der Waals surface area contributed by atoms with E-state index < -0.39 is 0 Å². The summed E-state index contributed by atoms with van der Waals surface area (Å²) in [5.74, 6) is 1.22.